The van der Waals surface area contributed by atoms with Crippen molar-refractivity contribution >= 4 is 73.7 Å². The van der Waals surface area contributed by atoms with Crippen LogP contribution in [0.25, 0.3) is 0 Å². The molecule has 0 aromatic heterocycles. The van der Waals surface area contributed by atoms with Gasteiger partial charge in [-0.2, -0.15) is 0 Å². The van der Waals surface area contributed by atoms with Gasteiger partial charge in [0.25, 0.3) is 0 Å². The van der Waals surface area contributed by atoms with Crippen molar-refractivity contribution in [3.05, 3.63) is 77.2 Å². The molecule has 0 heterocycles. The number of rotatable bonds is 2. The fraction of sp³-hybridized carbons (Fsp3) is 0. The number of benzene rings is 2. The van der Waals surface area contributed by atoms with E-state index in [1.54, 1.807) is 0 Å². The molecular formula is C13H10Cl7Sb-2. The molecule has 0 spiro atoms. The summed E-state index contributed by atoms with van der Waals surface area (Å²) < 4.78 is 0. The monoisotopic (exact) mass is 532 g/mol. The van der Waals surface area contributed by atoms with E-state index in [4.69, 9.17) is 64.6 Å². The maximum atomic E-state index is 6.25. The van der Waals surface area contributed by atoms with Gasteiger partial charge in [-0.1, -0.05) is 36.4 Å². The maximum absolute atomic E-state index is 6.25. The molecule has 0 bridgehead atoms. The van der Waals surface area contributed by atoms with Gasteiger partial charge in [0.2, 0.25) is 0 Å². The Morgan fingerprint density at radius 2 is 0.810 bits per heavy atom. The van der Waals surface area contributed by atoms with Gasteiger partial charge < -0.3 is 0 Å². The Morgan fingerprint density at radius 3 is 1.05 bits per heavy atom. The van der Waals surface area contributed by atoms with E-state index in [2.05, 4.69) is 0 Å². The molecule has 2 aromatic rings. The molecule has 0 saturated carbocycles. The molecule has 0 N–H and O–H groups in total. The van der Waals surface area contributed by atoms with Crippen molar-refractivity contribution < 1.29 is 0 Å². The van der Waals surface area contributed by atoms with E-state index >= 15 is 0 Å². The van der Waals surface area contributed by atoms with Gasteiger partial charge in [0.05, 0.1) is 0 Å². The zero-order valence-electron chi connectivity index (χ0n) is 10.4. The van der Waals surface area contributed by atoms with E-state index < -0.39 is 9.14 Å². The average Bonchev–Trinajstić information content (AvgIpc) is 2.36. The molecule has 8 heteroatoms. The minimum atomic E-state index is -5.42. The van der Waals surface area contributed by atoms with Crippen molar-refractivity contribution in [1.29, 1.82) is 0 Å². The molecule has 0 unspecified atom stereocenters. The van der Waals surface area contributed by atoms with Crippen LogP contribution in [-0.2, 0) is 0 Å². The summed E-state index contributed by atoms with van der Waals surface area (Å²) >= 11 is 6.25. The third-order valence-electron chi connectivity index (χ3n) is 2.05. The van der Waals surface area contributed by atoms with Gasteiger partial charge in [0, 0.05) is 0 Å². The third-order valence-corrected chi connectivity index (χ3v) is 2.49. The Labute approximate surface area is 149 Å². The first-order valence-electron chi connectivity index (χ1n) is 5.52. The molecule has 0 aliphatic heterocycles. The molecule has 0 fully saturated rings. The Bertz CT molecular complexity index is 512. The average molecular weight is 536 g/mol. The van der Waals surface area contributed by atoms with Gasteiger partial charge in [-0.15, -0.1) is 47.0 Å². The summed E-state index contributed by atoms with van der Waals surface area (Å²) in [4.78, 5) is 0. The van der Waals surface area contributed by atoms with Crippen molar-refractivity contribution in [2.45, 2.75) is 0 Å². The SMILES string of the molecule is Cl[C-](c1ccccc1)c1ccccc1.[Cl][Sb-]([Cl])([Cl])([Cl])([Cl])[Cl]. The molecule has 118 valence electrons. The quantitative estimate of drug-likeness (QED) is 0.274. The molecule has 0 nitrogen and oxygen atoms in total. The summed E-state index contributed by atoms with van der Waals surface area (Å²) in [5, 5.41) is 0.797. The van der Waals surface area contributed by atoms with Gasteiger partial charge in [-0.05, 0) is 5.38 Å². The fourth-order valence-electron chi connectivity index (χ4n) is 1.34. The van der Waals surface area contributed by atoms with E-state index in [0.29, 0.717) is 0 Å². The predicted octanol–water partition coefficient (Wildman–Crippen LogP) is 7.61. The molecule has 2 rings (SSSR count). The molecule has 0 amide bonds. The molecule has 0 saturated heterocycles. The van der Waals surface area contributed by atoms with Crippen LogP contribution in [0.4, 0.5) is 0 Å². The van der Waals surface area contributed by atoms with Crippen LogP contribution in [0.5, 0.6) is 0 Å². The number of hydrogen-bond donors (Lipinski definition) is 0. The molecular weight excluding hydrogens is 526 g/mol. The van der Waals surface area contributed by atoms with Crippen LogP contribution in [0.15, 0.2) is 60.7 Å². The van der Waals surface area contributed by atoms with Gasteiger partial charge in [0.1, 0.15) is 0 Å². The Kier molecular flexibility index (Phi) is 6.69. The minimum absolute atomic E-state index is 0.797. The zero-order valence-corrected chi connectivity index (χ0v) is 18.2. The van der Waals surface area contributed by atoms with Crippen LogP contribution in [-0.4, -0.2) is 9.14 Å². The first-order valence-corrected chi connectivity index (χ1v) is 25.3. The summed E-state index contributed by atoms with van der Waals surface area (Å²) in [5.74, 6) is 0. The Balaban J connectivity index is 0.000000270. The van der Waals surface area contributed by atoms with Crippen LogP contribution in [0.2, 0.25) is 0 Å². The predicted molar refractivity (Wildman–Crippen MR) is 101 cm³/mol. The van der Waals surface area contributed by atoms with Crippen LogP contribution in [0.1, 0.15) is 11.1 Å². The van der Waals surface area contributed by atoms with E-state index in [1.165, 1.54) is 0 Å². The zero-order chi connectivity index (χ0) is 16.2. The molecule has 0 radical (unpaired) electrons. The third kappa shape index (κ3) is 12.3. The van der Waals surface area contributed by atoms with Gasteiger partial charge in [-0.3, -0.25) is 0 Å². The standard InChI is InChI=1S/C13H10Cl.6ClH.Sb/c14-13(11-7-3-1-4-8-11)12-9-5-2-6-10-12;;;;;;;/h1-10H;6*1H;/q-1;;;;;;;+5/p-6. The van der Waals surface area contributed by atoms with E-state index in [-0.39, 0.29) is 0 Å². The number of halogens is 7. The van der Waals surface area contributed by atoms with Gasteiger partial charge in [0.15, 0.2) is 0 Å². The summed E-state index contributed by atoms with van der Waals surface area (Å²) in [6.07, 6.45) is 0. The topological polar surface area (TPSA) is 0 Å². The first kappa shape index (κ1) is 20.2. The summed E-state index contributed by atoms with van der Waals surface area (Å²) in [5.41, 5.74) is 2.11. The normalized spacial score (nSPS) is 14.2. The summed E-state index contributed by atoms with van der Waals surface area (Å²) in [7, 11) is 25.0. The molecule has 0 atom stereocenters. The number of hydrogen-bond acceptors (Lipinski definition) is 0. The molecule has 0 aliphatic carbocycles. The van der Waals surface area contributed by atoms with Crippen LogP contribution in [0, 0.1) is 5.38 Å². The van der Waals surface area contributed by atoms with Crippen molar-refractivity contribution in [1.82, 2.24) is 0 Å². The van der Waals surface area contributed by atoms with Crippen molar-refractivity contribution in [2.75, 3.05) is 0 Å². The summed E-state index contributed by atoms with van der Waals surface area (Å²) in [6.45, 7) is 0. The Morgan fingerprint density at radius 1 is 0.571 bits per heavy atom. The van der Waals surface area contributed by atoms with E-state index in [0.717, 1.165) is 16.5 Å². The van der Waals surface area contributed by atoms with Crippen molar-refractivity contribution in [3.8, 4) is 0 Å². The second-order valence-electron chi connectivity index (χ2n) is 4.00. The first-order chi connectivity index (χ1) is 9.33. The van der Waals surface area contributed by atoms with Crippen LogP contribution < -0.4 is 0 Å². The summed E-state index contributed by atoms with van der Waals surface area (Å²) in [6, 6.07) is 20.0. The van der Waals surface area contributed by atoms with E-state index in [9.17, 15) is 0 Å². The van der Waals surface area contributed by atoms with Crippen molar-refractivity contribution in [2.24, 2.45) is 0 Å². The molecule has 0 aliphatic rings. The van der Waals surface area contributed by atoms with Gasteiger partial charge in [-0.25, -0.2) is 0 Å². The van der Waals surface area contributed by atoms with Crippen LogP contribution in [0.3, 0.4) is 0 Å². The van der Waals surface area contributed by atoms with Gasteiger partial charge >= 0.3 is 62.1 Å². The molecule has 21 heavy (non-hydrogen) atoms. The Hall–Kier alpha value is 1.16. The van der Waals surface area contributed by atoms with Crippen LogP contribution >= 0.6 is 64.6 Å². The van der Waals surface area contributed by atoms with Crippen molar-refractivity contribution in [3.63, 3.8) is 0 Å². The second-order valence-corrected chi connectivity index (χ2v) is 61.3. The fourth-order valence-corrected chi connectivity index (χ4v) is 1.59. The van der Waals surface area contributed by atoms with E-state index in [1.807, 2.05) is 60.7 Å². The second kappa shape index (κ2) is 6.96. The molecule has 2 aromatic carbocycles.